The van der Waals surface area contributed by atoms with Crippen molar-refractivity contribution in [1.29, 1.82) is 0 Å². The number of nitrogens with zero attached hydrogens (tertiary/aromatic N) is 1. The van der Waals surface area contributed by atoms with Crippen molar-refractivity contribution in [1.82, 2.24) is 4.98 Å². The standard InChI is InChI=1S/C25H27N3O5/c29-23(28-24-21(11-5-13-26-24)33-16-18-7-2-1-3-8-18)17-32-20-10-4-9-19(15-20)27-25(30)22-12-6-14-31-22/h4-6,9-15,18H,1-3,7-8,16-17H2,(H,27,30)(H,26,28,29). The number of furan rings is 1. The number of rotatable bonds is 9. The van der Waals surface area contributed by atoms with Crippen molar-refractivity contribution in [3.05, 3.63) is 66.8 Å². The fourth-order valence-corrected chi connectivity index (χ4v) is 3.74. The van der Waals surface area contributed by atoms with Crippen LogP contribution in [-0.2, 0) is 4.79 Å². The highest BCUT2D eigenvalue weighted by molar-refractivity contribution is 6.02. The first-order valence-corrected chi connectivity index (χ1v) is 11.1. The number of ether oxygens (including phenoxy) is 2. The van der Waals surface area contributed by atoms with Crippen LogP contribution >= 0.6 is 0 Å². The van der Waals surface area contributed by atoms with Gasteiger partial charge in [-0.3, -0.25) is 9.59 Å². The van der Waals surface area contributed by atoms with E-state index in [1.54, 1.807) is 54.7 Å². The maximum Gasteiger partial charge on any atom is 0.291 e. The van der Waals surface area contributed by atoms with Crippen LogP contribution in [0.25, 0.3) is 0 Å². The zero-order valence-corrected chi connectivity index (χ0v) is 18.3. The molecule has 3 aromatic rings. The lowest BCUT2D eigenvalue weighted by Gasteiger charge is -2.22. The topological polar surface area (TPSA) is 103 Å². The van der Waals surface area contributed by atoms with Gasteiger partial charge in [-0.1, -0.05) is 25.3 Å². The summed E-state index contributed by atoms with van der Waals surface area (Å²) in [6.07, 6.45) is 9.18. The lowest BCUT2D eigenvalue weighted by molar-refractivity contribution is -0.118. The SMILES string of the molecule is O=C(COc1cccc(NC(=O)c2ccco2)c1)Nc1ncccc1OCC1CCCCC1. The van der Waals surface area contributed by atoms with Gasteiger partial charge < -0.3 is 24.5 Å². The largest absolute Gasteiger partial charge is 0.489 e. The van der Waals surface area contributed by atoms with Crippen LogP contribution in [0.4, 0.5) is 11.5 Å². The summed E-state index contributed by atoms with van der Waals surface area (Å²) in [5.74, 6) is 1.40. The van der Waals surface area contributed by atoms with Crippen LogP contribution in [0.15, 0.2) is 65.4 Å². The maximum absolute atomic E-state index is 12.4. The Morgan fingerprint density at radius 1 is 1.00 bits per heavy atom. The molecule has 2 heterocycles. The molecule has 172 valence electrons. The Morgan fingerprint density at radius 2 is 1.88 bits per heavy atom. The van der Waals surface area contributed by atoms with Crippen molar-refractivity contribution in [2.45, 2.75) is 32.1 Å². The Kier molecular flexibility index (Phi) is 7.58. The fourth-order valence-electron chi connectivity index (χ4n) is 3.74. The molecule has 33 heavy (non-hydrogen) atoms. The number of hydrogen-bond acceptors (Lipinski definition) is 6. The summed E-state index contributed by atoms with van der Waals surface area (Å²) in [6, 6.07) is 13.6. The molecule has 4 rings (SSSR count). The van der Waals surface area contributed by atoms with Crippen molar-refractivity contribution in [3.63, 3.8) is 0 Å². The van der Waals surface area contributed by atoms with Crippen molar-refractivity contribution in [3.8, 4) is 11.5 Å². The first kappa shape index (κ1) is 22.4. The van der Waals surface area contributed by atoms with E-state index in [2.05, 4.69) is 15.6 Å². The number of anilines is 2. The van der Waals surface area contributed by atoms with Crippen LogP contribution in [0.2, 0.25) is 0 Å². The molecule has 0 unspecified atom stereocenters. The molecular formula is C25H27N3O5. The smallest absolute Gasteiger partial charge is 0.291 e. The van der Waals surface area contributed by atoms with Crippen molar-refractivity contribution in [2.24, 2.45) is 5.92 Å². The quantitative estimate of drug-likeness (QED) is 0.482. The Labute approximate surface area is 192 Å². The van der Waals surface area contributed by atoms with E-state index >= 15 is 0 Å². The molecule has 1 fully saturated rings. The summed E-state index contributed by atoms with van der Waals surface area (Å²) < 4.78 is 16.6. The molecule has 2 N–H and O–H groups in total. The molecular weight excluding hydrogens is 422 g/mol. The summed E-state index contributed by atoms with van der Waals surface area (Å²) in [5, 5.41) is 5.47. The number of nitrogens with one attached hydrogen (secondary N) is 2. The number of aromatic nitrogens is 1. The summed E-state index contributed by atoms with van der Waals surface area (Å²) in [6.45, 7) is 0.413. The molecule has 1 saturated carbocycles. The molecule has 1 aromatic carbocycles. The van der Waals surface area contributed by atoms with Gasteiger partial charge in [0.2, 0.25) is 0 Å². The number of amides is 2. The molecule has 2 aromatic heterocycles. The number of benzene rings is 1. The molecule has 8 nitrogen and oxygen atoms in total. The third kappa shape index (κ3) is 6.58. The van der Waals surface area contributed by atoms with Crippen LogP contribution in [0.3, 0.4) is 0 Å². The average Bonchev–Trinajstić information content (AvgIpc) is 3.39. The van der Waals surface area contributed by atoms with E-state index in [9.17, 15) is 9.59 Å². The summed E-state index contributed by atoms with van der Waals surface area (Å²) in [5.41, 5.74) is 0.525. The van der Waals surface area contributed by atoms with Gasteiger partial charge in [0, 0.05) is 18.0 Å². The Balaban J connectivity index is 1.28. The van der Waals surface area contributed by atoms with Crippen LogP contribution < -0.4 is 20.1 Å². The predicted octanol–water partition coefficient (Wildman–Crippen LogP) is 4.90. The molecule has 0 atom stereocenters. The predicted molar refractivity (Wildman–Crippen MR) is 124 cm³/mol. The van der Waals surface area contributed by atoms with E-state index in [1.165, 1.54) is 38.4 Å². The highest BCUT2D eigenvalue weighted by atomic mass is 16.5. The Bertz CT molecular complexity index is 1060. The second kappa shape index (κ2) is 11.2. The van der Waals surface area contributed by atoms with Crippen LogP contribution in [-0.4, -0.2) is 30.0 Å². The minimum Gasteiger partial charge on any atom is -0.489 e. The van der Waals surface area contributed by atoms with E-state index in [0.717, 1.165) is 0 Å². The molecule has 0 radical (unpaired) electrons. The molecule has 0 aliphatic heterocycles. The number of carbonyl (C=O) groups excluding carboxylic acids is 2. The van der Waals surface area contributed by atoms with Crippen molar-refractivity contribution >= 4 is 23.3 Å². The normalized spacial score (nSPS) is 13.8. The molecule has 0 saturated heterocycles. The minimum absolute atomic E-state index is 0.206. The Hall–Kier alpha value is -3.81. The van der Waals surface area contributed by atoms with Gasteiger partial charge in [-0.2, -0.15) is 0 Å². The third-order valence-corrected chi connectivity index (χ3v) is 5.43. The average molecular weight is 450 g/mol. The highest BCUT2D eigenvalue weighted by Crippen LogP contribution is 2.27. The molecule has 0 spiro atoms. The molecule has 1 aliphatic rings. The van der Waals surface area contributed by atoms with Crippen LogP contribution in [0.1, 0.15) is 42.7 Å². The van der Waals surface area contributed by atoms with Gasteiger partial charge in [-0.05, 0) is 55.2 Å². The minimum atomic E-state index is -0.370. The molecule has 0 bridgehead atoms. The maximum atomic E-state index is 12.4. The zero-order chi connectivity index (χ0) is 22.9. The van der Waals surface area contributed by atoms with Gasteiger partial charge in [0.25, 0.3) is 11.8 Å². The number of carbonyl (C=O) groups is 2. The molecule has 1 aliphatic carbocycles. The van der Waals surface area contributed by atoms with Gasteiger partial charge in [-0.15, -0.1) is 0 Å². The first-order chi connectivity index (χ1) is 16.2. The van der Waals surface area contributed by atoms with E-state index in [1.807, 2.05) is 0 Å². The lowest BCUT2D eigenvalue weighted by atomic mass is 9.90. The van der Waals surface area contributed by atoms with Gasteiger partial charge >= 0.3 is 0 Å². The van der Waals surface area contributed by atoms with E-state index < -0.39 is 0 Å². The number of pyridine rings is 1. The van der Waals surface area contributed by atoms with Gasteiger partial charge in [0.15, 0.2) is 23.9 Å². The monoisotopic (exact) mass is 449 g/mol. The Morgan fingerprint density at radius 3 is 2.70 bits per heavy atom. The van der Waals surface area contributed by atoms with E-state index in [0.29, 0.717) is 35.5 Å². The molecule has 2 amide bonds. The van der Waals surface area contributed by atoms with Gasteiger partial charge in [0.1, 0.15) is 5.75 Å². The zero-order valence-electron chi connectivity index (χ0n) is 18.3. The summed E-state index contributed by atoms with van der Waals surface area (Å²) in [7, 11) is 0. The summed E-state index contributed by atoms with van der Waals surface area (Å²) >= 11 is 0. The van der Waals surface area contributed by atoms with Crippen LogP contribution in [0, 0.1) is 5.92 Å². The van der Waals surface area contributed by atoms with E-state index in [4.69, 9.17) is 13.9 Å². The second-order valence-electron chi connectivity index (χ2n) is 7.96. The van der Waals surface area contributed by atoms with E-state index in [-0.39, 0.29) is 24.2 Å². The lowest BCUT2D eigenvalue weighted by Crippen LogP contribution is -2.22. The van der Waals surface area contributed by atoms with Crippen LogP contribution in [0.5, 0.6) is 11.5 Å². The number of hydrogen-bond donors (Lipinski definition) is 2. The van der Waals surface area contributed by atoms with Crippen molar-refractivity contribution < 1.29 is 23.5 Å². The van der Waals surface area contributed by atoms with Crippen molar-refractivity contribution in [2.75, 3.05) is 23.8 Å². The highest BCUT2D eigenvalue weighted by Gasteiger charge is 2.16. The third-order valence-electron chi connectivity index (χ3n) is 5.43. The van der Waals surface area contributed by atoms with Gasteiger partial charge in [-0.25, -0.2) is 4.98 Å². The fraction of sp³-hybridized carbons (Fsp3) is 0.320. The molecule has 8 heteroatoms. The summed E-state index contributed by atoms with van der Waals surface area (Å²) in [4.78, 5) is 28.8. The second-order valence-corrected chi connectivity index (χ2v) is 7.96. The van der Waals surface area contributed by atoms with Gasteiger partial charge in [0.05, 0.1) is 12.9 Å². The first-order valence-electron chi connectivity index (χ1n) is 11.1.